The molecule has 7 nitrogen and oxygen atoms in total. The first-order chi connectivity index (χ1) is 13.6. The predicted octanol–water partition coefficient (Wildman–Crippen LogP) is 4.57. The van der Waals surface area contributed by atoms with Gasteiger partial charge in [-0.05, 0) is 50.5 Å². The van der Waals surface area contributed by atoms with Gasteiger partial charge in [0.2, 0.25) is 11.8 Å². The van der Waals surface area contributed by atoms with Crippen LogP contribution in [0.25, 0.3) is 0 Å². The fourth-order valence-corrected chi connectivity index (χ4v) is 3.38. The maximum Gasteiger partial charge on any atom is 0.345 e. The molecule has 0 saturated heterocycles. The number of benzene rings is 1. The Bertz CT molecular complexity index is 940. The molecule has 2 rings (SSSR count). The van der Waals surface area contributed by atoms with E-state index < -0.39 is 17.9 Å². The van der Waals surface area contributed by atoms with Crippen molar-refractivity contribution in [3.63, 3.8) is 0 Å². The molecule has 0 bridgehead atoms. The van der Waals surface area contributed by atoms with Gasteiger partial charge in [0.1, 0.15) is 17.4 Å². The molecule has 1 aromatic heterocycles. The van der Waals surface area contributed by atoms with Crippen molar-refractivity contribution in [2.45, 2.75) is 40.2 Å². The van der Waals surface area contributed by atoms with Crippen molar-refractivity contribution in [2.75, 3.05) is 12.4 Å². The van der Waals surface area contributed by atoms with Crippen molar-refractivity contribution < 1.29 is 19.1 Å². The number of nitrogens with one attached hydrogen (secondary N) is 1. The molecule has 29 heavy (non-hydrogen) atoms. The van der Waals surface area contributed by atoms with Crippen molar-refractivity contribution in [1.82, 2.24) is 4.98 Å². The molecule has 0 aliphatic rings. The number of ether oxygens (including phenoxy) is 2. The number of halogens is 2. The van der Waals surface area contributed by atoms with Crippen molar-refractivity contribution >= 4 is 40.8 Å². The SMILES string of the molecule is CCC(Nc1c(Cl)c(C)nc(Oc2c(C)cc(Cl)cc2C)c1C(=O)OC)C(N)=O. The summed E-state index contributed by atoms with van der Waals surface area (Å²) in [6.45, 7) is 7.09. The Balaban J connectivity index is 2.69. The maximum atomic E-state index is 12.6. The molecular formula is C20H23Cl2N3O4. The quantitative estimate of drug-likeness (QED) is 0.612. The van der Waals surface area contributed by atoms with Crippen molar-refractivity contribution in [3.05, 3.63) is 44.6 Å². The number of anilines is 1. The lowest BCUT2D eigenvalue weighted by atomic mass is 10.1. The number of nitrogens with two attached hydrogens (primary N) is 1. The van der Waals surface area contributed by atoms with Crippen LogP contribution in [-0.2, 0) is 9.53 Å². The van der Waals surface area contributed by atoms with E-state index in [1.54, 1.807) is 26.0 Å². The number of hydrogen-bond acceptors (Lipinski definition) is 6. The van der Waals surface area contributed by atoms with E-state index in [4.69, 9.17) is 38.4 Å². The van der Waals surface area contributed by atoms with E-state index in [9.17, 15) is 9.59 Å². The Morgan fingerprint density at radius 3 is 2.28 bits per heavy atom. The molecular weight excluding hydrogens is 417 g/mol. The third-order valence-corrected chi connectivity index (χ3v) is 5.03. The van der Waals surface area contributed by atoms with Crippen LogP contribution in [0.5, 0.6) is 11.6 Å². The van der Waals surface area contributed by atoms with Crippen LogP contribution in [-0.4, -0.2) is 30.0 Å². The van der Waals surface area contributed by atoms with E-state index in [-0.39, 0.29) is 22.2 Å². The van der Waals surface area contributed by atoms with E-state index in [2.05, 4.69) is 10.3 Å². The highest BCUT2D eigenvalue weighted by molar-refractivity contribution is 6.35. The number of aryl methyl sites for hydroxylation is 3. The lowest BCUT2D eigenvalue weighted by Crippen LogP contribution is -2.35. The van der Waals surface area contributed by atoms with Gasteiger partial charge in [-0.15, -0.1) is 0 Å². The molecule has 1 unspecified atom stereocenters. The van der Waals surface area contributed by atoms with Crippen molar-refractivity contribution in [3.8, 4) is 11.6 Å². The third-order valence-electron chi connectivity index (χ3n) is 4.35. The van der Waals surface area contributed by atoms with Crippen LogP contribution in [0.4, 0.5) is 5.69 Å². The number of methoxy groups -OCH3 is 1. The third kappa shape index (κ3) is 4.92. The molecule has 0 spiro atoms. The summed E-state index contributed by atoms with van der Waals surface area (Å²) >= 11 is 12.5. The normalized spacial score (nSPS) is 11.7. The van der Waals surface area contributed by atoms with Gasteiger partial charge in [-0.3, -0.25) is 4.79 Å². The van der Waals surface area contributed by atoms with Gasteiger partial charge >= 0.3 is 5.97 Å². The molecule has 1 atom stereocenters. The van der Waals surface area contributed by atoms with Crippen LogP contribution in [0.1, 0.15) is 40.5 Å². The standard InChI is InChI=1S/C20H23Cl2N3O4/c1-6-13(18(23)26)25-16-14(20(27)28-5)19(24-11(4)15(16)22)29-17-9(2)7-12(21)8-10(17)3/h7-8,13H,6H2,1-5H3,(H2,23,26)(H,24,25). The second-order valence-corrected chi connectivity index (χ2v) is 7.35. The fraction of sp³-hybridized carbons (Fsp3) is 0.350. The summed E-state index contributed by atoms with van der Waals surface area (Å²) in [6.07, 6.45) is 0.388. The van der Waals surface area contributed by atoms with Gasteiger partial charge in [-0.1, -0.05) is 30.1 Å². The van der Waals surface area contributed by atoms with Gasteiger partial charge in [0.15, 0.2) is 0 Å². The molecule has 156 valence electrons. The fourth-order valence-electron chi connectivity index (χ4n) is 2.86. The van der Waals surface area contributed by atoms with Crippen LogP contribution in [0, 0.1) is 20.8 Å². The molecule has 3 N–H and O–H groups in total. The first-order valence-corrected chi connectivity index (χ1v) is 9.65. The first-order valence-electron chi connectivity index (χ1n) is 8.89. The topological polar surface area (TPSA) is 104 Å². The van der Waals surface area contributed by atoms with Crippen LogP contribution < -0.4 is 15.8 Å². The van der Waals surface area contributed by atoms with Crippen molar-refractivity contribution in [2.24, 2.45) is 5.73 Å². The van der Waals surface area contributed by atoms with E-state index in [1.165, 1.54) is 7.11 Å². The Morgan fingerprint density at radius 2 is 1.79 bits per heavy atom. The average molecular weight is 440 g/mol. The molecule has 1 aromatic carbocycles. The summed E-state index contributed by atoms with van der Waals surface area (Å²) in [4.78, 5) is 28.7. The molecule has 0 radical (unpaired) electrons. The summed E-state index contributed by atoms with van der Waals surface area (Å²) in [7, 11) is 1.23. The molecule has 0 fully saturated rings. The highest BCUT2D eigenvalue weighted by atomic mass is 35.5. The van der Waals surface area contributed by atoms with Gasteiger partial charge < -0.3 is 20.5 Å². The minimum atomic E-state index is -0.746. The van der Waals surface area contributed by atoms with Gasteiger partial charge in [-0.25, -0.2) is 9.78 Å². The lowest BCUT2D eigenvalue weighted by Gasteiger charge is -2.21. The molecule has 0 saturated carbocycles. The highest BCUT2D eigenvalue weighted by Crippen LogP contribution is 2.39. The molecule has 0 aliphatic carbocycles. The Hall–Kier alpha value is -2.51. The molecule has 1 amide bonds. The summed E-state index contributed by atoms with van der Waals surface area (Å²) in [5.74, 6) is -0.808. The average Bonchev–Trinajstić information content (AvgIpc) is 2.64. The first kappa shape index (κ1) is 22.8. The molecule has 2 aromatic rings. The largest absolute Gasteiger partial charge is 0.465 e. The van der Waals surface area contributed by atoms with Gasteiger partial charge in [0.05, 0.1) is 23.5 Å². The second kappa shape index (κ2) is 9.33. The number of nitrogens with zero attached hydrogens (tertiary/aromatic N) is 1. The zero-order valence-corrected chi connectivity index (χ0v) is 18.4. The summed E-state index contributed by atoms with van der Waals surface area (Å²) < 4.78 is 10.9. The van der Waals surface area contributed by atoms with Gasteiger partial charge in [0, 0.05) is 5.02 Å². The van der Waals surface area contributed by atoms with Crippen LogP contribution in [0.2, 0.25) is 10.0 Å². The number of rotatable bonds is 7. The summed E-state index contributed by atoms with van der Waals surface area (Å²) in [5, 5.41) is 3.67. The van der Waals surface area contributed by atoms with E-state index >= 15 is 0 Å². The second-order valence-electron chi connectivity index (χ2n) is 6.54. The maximum absolute atomic E-state index is 12.6. The highest BCUT2D eigenvalue weighted by Gasteiger charge is 2.28. The monoisotopic (exact) mass is 439 g/mol. The minimum Gasteiger partial charge on any atom is -0.465 e. The number of aromatic nitrogens is 1. The van der Waals surface area contributed by atoms with Gasteiger partial charge in [0.25, 0.3) is 0 Å². The zero-order valence-electron chi connectivity index (χ0n) is 16.9. The Labute approximate surface area is 179 Å². The number of hydrogen-bond donors (Lipinski definition) is 2. The number of carbonyl (C=O) groups is 2. The predicted molar refractivity (Wildman–Crippen MR) is 113 cm³/mol. The summed E-state index contributed by atoms with van der Waals surface area (Å²) in [6, 6.07) is 2.73. The summed E-state index contributed by atoms with van der Waals surface area (Å²) in [5.41, 5.74) is 7.51. The number of carbonyl (C=O) groups excluding carboxylic acids is 2. The van der Waals surface area contributed by atoms with Gasteiger partial charge in [-0.2, -0.15) is 0 Å². The Kier molecular flexibility index (Phi) is 7.32. The van der Waals surface area contributed by atoms with E-state index in [0.29, 0.717) is 22.9 Å². The number of amides is 1. The molecule has 1 heterocycles. The lowest BCUT2D eigenvalue weighted by molar-refractivity contribution is -0.118. The van der Waals surface area contributed by atoms with E-state index in [0.717, 1.165) is 11.1 Å². The smallest absolute Gasteiger partial charge is 0.345 e. The number of esters is 1. The molecule has 9 heteroatoms. The number of pyridine rings is 1. The minimum absolute atomic E-state index is 0.00547. The van der Waals surface area contributed by atoms with Crippen LogP contribution in [0.3, 0.4) is 0 Å². The van der Waals surface area contributed by atoms with Crippen LogP contribution in [0.15, 0.2) is 12.1 Å². The zero-order chi connectivity index (χ0) is 21.9. The van der Waals surface area contributed by atoms with Crippen LogP contribution >= 0.6 is 23.2 Å². The van der Waals surface area contributed by atoms with E-state index in [1.807, 2.05) is 13.8 Å². The molecule has 0 aliphatic heterocycles. The van der Waals surface area contributed by atoms with Crippen molar-refractivity contribution in [1.29, 1.82) is 0 Å². The Morgan fingerprint density at radius 1 is 1.21 bits per heavy atom. The number of primary amides is 1.